The Morgan fingerprint density at radius 1 is 1.08 bits per heavy atom. The molecule has 3 heteroatoms. The molecule has 0 unspecified atom stereocenters. The molecule has 0 fully saturated rings. The molecule has 1 rings (SSSR count). The summed E-state index contributed by atoms with van der Waals surface area (Å²) in [6, 6.07) is 4.88. The Labute approximate surface area is 75.2 Å². The Hall–Kier alpha value is -0.630. The highest BCUT2D eigenvalue weighted by Gasteiger charge is 2.02. The number of benzene rings is 1. The summed E-state index contributed by atoms with van der Waals surface area (Å²) in [7, 11) is 0. The van der Waals surface area contributed by atoms with Gasteiger partial charge >= 0.3 is 0 Å². The second kappa shape index (κ2) is 4.41. The van der Waals surface area contributed by atoms with Crippen LogP contribution in [0.3, 0.4) is 0 Å². The first-order valence-corrected chi connectivity index (χ1v) is 4.14. The van der Waals surface area contributed by atoms with E-state index in [0.29, 0.717) is 17.0 Å². The highest BCUT2D eigenvalue weighted by Crippen LogP contribution is 2.15. The van der Waals surface area contributed by atoms with Crippen molar-refractivity contribution < 1.29 is 8.78 Å². The molecule has 12 heavy (non-hydrogen) atoms. The number of hydrogen-bond acceptors (Lipinski definition) is 0. The van der Waals surface area contributed by atoms with Crippen molar-refractivity contribution in [2.45, 2.75) is 19.2 Å². The van der Waals surface area contributed by atoms with E-state index in [4.69, 9.17) is 11.6 Å². The fourth-order valence-corrected chi connectivity index (χ4v) is 1.18. The van der Waals surface area contributed by atoms with Gasteiger partial charge in [0.1, 0.15) is 13.3 Å². The predicted octanol–water partition coefficient (Wildman–Crippen LogP) is 3.36. The van der Waals surface area contributed by atoms with Crippen LogP contribution >= 0.6 is 11.6 Å². The average molecular weight is 191 g/mol. The van der Waals surface area contributed by atoms with Gasteiger partial charge in [-0.1, -0.05) is 18.2 Å². The van der Waals surface area contributed by atoms with E-state index in [1.807, 2.05) is 0 Å². The normalized spacial score (nSPS) is 10.2. The third-order valence-electron chi connectivity index (χ3n) is 1.71. The summed E-state index contributed by atoms with van der Waals surface area (Å²) in [4.78, 5) is 0. The van der Waals surface area contributed by atoms with Crippen molar-refractivity contribution in [1.82, 2.24) is 0 Å². The van der Waals surface area contributed by atoms with E-state index in [2.05, 4.69) is 0 Å². The topological polar surface area (TPSA) is 0 Å². The molecule has 0 nitrogen and oxygen atoms in total. The van der Waals surface area contributed by atoms with Crippen LogP contribution in [0.15, 0.2) is 18.2 Å². The molecule has 0 amide bonds. The van der Waals surface area contributed by atoms with Crippen molar-refractivity contribution in [3.05, 3.63) is 34.9 Å². The zero-order valence-corrected chi connectivity index (χ0v) is 7.24. The summed E-state index contributed by atoms with van der Waals surface area (Å²) in [6.07, 6.45) is 0. The van der Waals surface area contributed by atoms with Crippen LogP contribution in [-0.2, 0) is 19.2 Å². The fourth-order valence-electron chi connectivity index (χ4n) is 1.02. The van der Waals surface area contributed by atoms with Gasteiger partial charge in [-0.3, -0.25) is 0 Å². The van der Waals surface area contributed by atoms with Crippen LogP contribution in [0.1, 0.15) is 16.7 Å². The summed E-state index contributed by atoms with van der Waals surface area (Å²) in [5.41, 5.74) is 1.63. The molecule has 0 saturated carbocycles. The zero-order chi connectivity index (χ0) is 8.97. The zero-order valence-electron chi connectivity index (χ0n) is 6.49. The summed E-state index contributed by atoms with van der Waals surface area (Å²) in [5.74, 6) is 0.333. The van der Waals surface area contributed by atoms with Crippen molar-refractivity contribution in [2.75, 3.05) is 0 Å². The molecule has 0 heterocycles. The molecule has 1 aromatic carbocycles. The van der Waals surface area contributed by atoms with Crippen LogP contribution in [0.25, 0.3) is 0 Å². The maximum atomic E-state index is 12.3. The monoisotopic (exact) mass is 190 g/mol. The number of hydrogen-bond donors (Lipinski definition) is 0. The molecule has 0 bridgehead atoms. The van der Waals surface area contributed by atoms with E-state index in [0.717, 1.165) is 5.56 Å². The smallest absolute Gasteiger partial charge is 0.115 e. The van der Waals surface area contributed by atoms with Gasteiger partial charge in [0.2, 0.25) is 0 Å². The first-order chi connectivity index (χ1) is 5.81. The van der Waals surface area contributed by atoms with Crippen LogP contribution in [0, 0.1) is 0 Å². The summed E-state index contributed by atoms with van der Waals surface area (Å²) in [6.45, 7) is -1.26. The molecule has 0 spiro atoms. The van der Waals surface area contributed by atoms with Crippen molar-refractivity contribution in [1.29, 1.82) is 0 Å². The molecule has 0 N–H and O–H groups in total. The minimum atomic E-state index is -0.635. The molecule has 0 atom stereocenters. The highest BCUT2D eigenvalue weighted by molar-refractivity contribution is 6.17. The van der Waals surface area contributed by atoms with E-state index in [9.17, 15) is 8.78 Å². The van der Waals surface area contributed by atoms with Gasteiger partial charge in [0.15, 0.2) is 0 Å². The van der Waals surface area contributed by atoms with E-state index >= 15 is 0 Å². The van der Waals surface area contributed by atoms with Gasteiger partial charge in [-0.05, 0) is 16.7 Å². The van der Waals surface area contributed by atoms with Gasteiger partial charge < -0.3 is 0 Å². The Morgan fingerprint density at radius 3 is 2.25 bits per heavy atom. The van der Waals surface area contributed by atoms with Crippen molar-refractivity contribution in [2.24, 2.45) is 0 Å². The molecule has 1 aromatic rings. The van der Waals surface area contributed by atoms with Crippen molar-refractivity contribution >= 4 is 11.6 Å². The predicted molar refractivity (Wildman–Crippen MR) is 45.6 cm³/mol. The number of rotatable bonds is 3. The molecule has 0 radical (unpaired) electrons. The molecular formula is C9H9ClF2. The van der Waals surface area contributed by atoms with Crippen LogP contribution in [-0.4, -0.2) is 0 Å². The summed E-state index contributed by atoms with van der Waals surface area (Å²) >= 11 is 5.54. The SMILES string of the molecule is FCc1ccc(CCl)cc1CF. The van der Waals surface area contributed by atoms with Gasteiger partial charge in [0, 0.05) is 5.88 Å². The first-order valence-electron chi connectivity index (χ1n) is 3.60. The number of alkyl halides is 3. The van der Waals surface area contributed by atoms with E-state index in [1.165, 1.54) is 0 Å². The Kier molecular flexibility index (Phi) is 3.48. The Balaban J connectivity index is 3.02. The molecule has 0 aliphatic carbocycles. The average Bonchev–Trinajstić information content (AvgIpc) is 2.16. The molecule has 0 aromatic heterocycles. The van der Waals surface area contributed by atoms with Gasteiger partial charge in [-0.2, -0.15) is 0 Å². The molecule has 0 saturated heterocycles. The maximum Gasteiger partial charge on any atom is 0.115 e. The minimum Gasteiger partial charge on any atom is -0.246 e. The molecule has 66 valence electrons. The lowest BCUT2D eigenvalue weighted by molar-refractivity contribution is 0.454. The standard InChI is InChI=1S/C9H9ClF2/c10-4-7-1-2-8(5-11)9(3-7)6-12/h1-3H,4-6H2. The summed E-state index contributed by atoms with van der Waals surface area (Å²) < 4.78 is 24.5. The molecule has 0 aliphatic heterocycles. The second-order valence-electron chi connectivity index (χ2n) is 2.50. The fraction of sp³-hybridized carbons (Fsp3) is 0.333. The first kappa shape index (κ1) is 9.46. The molecule has 0 aliphatic rings. The van der Waals surface area contributed by atoms with E-state index in [-0.39, 0.29) is 0 Å². The number of halogens is 3. The minimum absolute atomic E-state index is 0.333. The quantitative estimate of drug-likeness (QED) is 0.642. The lowest BCUT2D eigenvalue weighted by Gasteiger charge is -2.03. The lowest BCUT2D eigenvalue weighted by Crippen LogP contribution is -1.91. The van der Waals surface area contributed by atoms with Crippen molar-refractivity contribution in [3.63, 3.8) is 0 Å². The van der Waals surface area contributed by atoms with Crippen molar-refractivity contribution in [3.8, 4) is 0 Å². The van der Waals surface area contributed by atoms with Crippen LogP contribution in [0.5, 0.6) is 0 Å². The van der Waals surface area contributed by atoms with Crippen LogP contribution < -0.4 is 0 Å². The van der Waals surface area contributed by atoms with Crippen LogP contribution in [0.4, 0.5) is 8.78 Å². The van der Waals surface area contributed by atoms with Gasteiger partial charge in [0.25, 0.3) is 0 Å². The lowest BCUT2D eigenvalue weighted by atomic mass is 10.1. The third kappa shape index (κ3) is 1.95. The van der Waals surface area contributed by atoms with Gasteiger partial charge in [0.05, 0.1) is 0 Å². The highest BCUT2D eigenvalue weighted by atomic mass is 35.5. The second-order valence-corrected chi connectivity index (χ2v) is 2.77. The largest absolute Gasteiger partial charge is 0.246 e. The van der Waals surface area contributed by atoms with Gasteiger partial charge in [-0.25, -0.2) is 8.78 Å². The van der Waals surface area contributed by atoms with Crippen LogP contribution in [0.2, 0.25) is 0 Å². The summed E-state index contributed by atoms with van der Waals surface area (Å²) in [5, 5.41) is 0. The third-order valence-corrected chi connectivity index (χ3v) is 2.02. The van der Waals surface area contributed by atoms with E-state index in [1.54, 1.807) is 18.2 Å². The molecular weight excluding hydrogens is 182 g/mol. The Morgan fingerprint density at radius 2 is 1.75 bits per heavy atom. The maximum absolute atomic E-state index is 12.3. The Bertz CT molecular complexity index is 261. The van der Waals surface area contributed by atoms with E-state index < -0.39 is 13.3 Å². The van der Waals surface area contributed by atoms with Gasteiger partial charge in [-0.15, -0.1) is 11.6 Å².